The number of halogens is 2. The van der Waals surface area contributed by atoms with E-state index in [9.17, 15) is 9.18 Å². The Kier molecular flexibility index (Phi) is 4.89. The second-order valence-corrected chi connectivity index (χ2v) is 4.28. The first kappa shape index (κ1) is 13.1. The number of aliphatic hydroxyl groups is 1. The van der Waals surface area contributed by atoms with Crippen LogP contribution in [-0.2, 0) is 0 Å². The zero-order valence-corrected chi connectivity index (χ0v) is 10.4. The molecule has 0 fully saturated rings. The van der Waals surface area contributed by atoms with E-state index in [4.69, 9.17) is 5.11 Å². The summed E-state index contributed by atoms with van der Waals surface area (Å²) in [7, 11) is 0. The lowest BCUT2D eigenvalue weighted by atomic mass is 10.2. The Bertz CT molecular complexity index is 384. The number of carbonyl (C=O) groups is 1. The molecule has 0 radical (unpaired) electrons. The molecule has 1 unspecified atom stereocenters. The Morgan fingerprint density at radius 1 is 1.62 bits per heavy atom. The van der Waals surface area contributed by atoms with Gasteiger partial charge in [-0.1, -0.05) is 6.07 Å². The fourth-order valence-corrected chi connectivity index (χ4v) is 1.69. The monoisotopic (exact) mass is 289 g/mol. The van der Waals surface area contributed by atoms with Crippen molar-refractivity contribution in [3.63, 3.8) is 0 Å². The van der Waals surface area contributed by atoms with E-state index in [1.807, 2.05) is 0 Å². The van der Waals surface area contributed by atoms with Crippen LogP contribution in [0.5, 0.6) is 0 Å². The molecule has 0 saturated heterocycles. The first-order chi connectivity index (χ1) is 7.56. The van der Waals surface area contributed by atoms with E-state index in [0.717, 1.165) is 0 Å². The van der Waals surface area contributed by atoms with Crippen molar-refractivity contribution in [2.75, 3.05) is 6.61 Å². The van der Waals surface area contributed by atoms with Crippen molar-refractivity contribution in [3.8, 4) is 0 Å². The zero-order chi connectivity index (χ0) is 12.1. The van der Waals surface area contributed by atoms with Gasteiger partial charge in [0.15, 0.2) is 0 Å². The Morgan fingerprint density at radius 2 is 2.31 bits per heavy atom. The molecule has 0 saturated carbocycles. The highest BCUT2D eigenvalue weighted by Crippen LogP contribution is 2.20. The predicted molar refractivity (Wildman–Crippen MR) is 62.7 cm³/mol. The maximum atomic E-state index is 13.2. The number of nitrogens with one attached hydrogen (secondary N) is 1. The predicted octanol–water partition coefficient (Wildman–Crippen LogP) is 2.09. The van der Waals surface area contributed by atoms with Gasteiger partial charge in [-0.15, -0.1) is 0 Å². The Labute approximate surface area is 102 Å². The number of amides is 1. The third-order valence-electron chi connectivity index (χ3n) is 2.14. The lowest BCUT2D eigenvalue weighted by molar-refractivity contribution is 0.0933. The molecule has 0 aliphatic rings. The van der Waals surface area contributed by atoms with Gasteiger partial charge in [-0.3, -0.25) is 4.79 Å². The Morgan fingerprint density at radius 3 is 2.94 bits per heavy atom. The van der Waals surface area contributed by atoms with Crippen molar-refractivity contribution < 1.29 is 14.3 Å². The summed E-state index contributed by atoms with van der Waals surface area (Å²) in [5.74, 6) is -0.824. The van der Waals surface area contributed by atoms with Crippen LogP contribution in [0.2, 0.25) is 0 Å². The lowest BCUT2D eigenvalue weighted by Crippen LogP contribution is -2.33. The second-order valence-electron chi connectivity index (χ2n) is 3.49. The fourth-order valence-electron chi connectivity index (χ4n) is 1.25. The summed E-state index contributed by atoms with van der Waals surface area (Å²) in [4.78, 5) is 11.7. The van der Waals surface area contributed by atoms with Crippen LogP contribution in [0.3, 0.4) is 0 Å². The normalized spacial score (nSPS) is 12.2. The zero-order valence-electron chi connectivity index (χ0n) is 8.84. The molecule has 88 valence electrons. The van der Waals surface area contributed by atoms with Crippen LogP contribution in [0.25, 0.3) is 0 Å². The van der Waals surface area contributed by atoms with E-state index in [2.05, 4.69) is 21.2 Å². The quantitative estimate of drug-likeness (QED) is 0.892. The molecule has 0 bridgehead atoms. The van der Waals surface area contributed by atoms with Gasteiger partial charge in [0.2, 0.25) is 0 Å². The van der Waals surface area contributed by atoms with Gasteiger partial charge in [-0.25, -0.2) is 4.39 Å². The van der Waals surface area contributed by atoms with Gasteiger partial charge >= 0.3 is 0 Å². The average Bonchev–Trinajstić information content (AvgIpc) is 2.22. The van der Waals surface area contributed by atoms with E-state index >= 15 is 0 Å². The summed E-state index contributed by atoms with van der Waals surface area (Å²) in [6.07, 6.45) is 0.471. The number of carbonyl (C=O) groups excluding carboxylic acids is 1. The van der Waals surface area contributed by atoms with Crippen molar-refractivity contribution in [1.82, 2.24) is 5.32 Å². The number of benzene rings is 1. The third-order valence-corrected chi connectivity index (χ3v) is 2.94. The van der Waals surface area contributed by atoms with E-state index in [1.165, 1.54) is 18.2 Å². The molecule has 0 aliphatic heterocycles. The van der Waals surface area contributed by atoms with Crippen LogP contribution in [0.15, 0.2) is 22.7 Å². The summed E-state index contributed by atoms with van der Waals surface area (Å²) in [5.41, 5.74) is 0.254. The number of rotatable bonds is 4. The van der Waals surface area contributed by atoms with Gasteiger partial charge in [0, 0.05) is 12.6 Å². The molecule has 0 spiro atoms. The first-order valence-corrected chi connectivity index (χ1v) is 5.71. The standard InChI is InChI=1S/C11H13BrFNO2/c1-7(5-6-15)14-11(16)8-3-2-4-9(13)10(8)12/h2-4,7,15H,5-6H2,1H3,(H,14,16). The van der Waals surface area contributed by atoms with Gasteiger partial charge < -0.3 is 10.4 Å². The molecule has 1 rings (SSSR count). The van der Waals surface area contributed by atoms with Crippen LogP contribution in [0.1, 0.15) is 23.7 Å². The van der Waals surface area contributed by atoms with E-state index in [-0.39, 0.29) is 28.6 Å². The summed E-state index contributed by atoms with van der Waals surface area (Å²) < 4.78 is 13.3. The number of hydrogen-bond acceptors (Lipinski definition) is 2. The van der Waals surface area contributed by atoms with Gasteiger partial charge in [0.05, 0.1) is 10.0 Å². The molecule has 0 heterocycles. The van der Waals surface area contributed by atoms with Crippen LogP contribution in [0.4, 0.5) is 4.39 Å². The Balaban J connectivity index is 2.77. The first-order valence-electron chi connectivity index (χ1n) is 4.92. The van der Waals surface area contributed by atoms with Gasteiger partial charge in [-0.05, 0) is 41.4 Å². The minimum Gasteiger partial charge on any atom is -0.396 e. The molecular weight excluding hydrogens is 277 g/mol. The van der Waals surface area contributed by atoms with Crippen molar-refractivity contribution in [2.24, 2.45) is 0 Å². The third kappa shape index (κ3) is 3.28. The topological polar surface area (TPSA) is 49.3 Å². The average molecular weight is 290 g/mol. The van der Waals surface area contributed by atoms with Crippen molar-refractivity contribution >= 4 is 21.8 Å². The highest BCUT2D eigenvalue weighted by Gasteiger charge is 2.14. The summed E-state index contributed by atoms with van der Waals surface area (Å²) in [6, 6.07) is 4.14. The summed E-state index contributed by atoms with van der Waals surface area (Å²) in [5, 5.41) is 11.4. The summed E-state index contributed by atoms with van der Waals surface area (Å²) >= 11 is 3.02. The minimum absolute atomic E-state index is 0.00572. The van der Waals surface area contributed by atoms with Crippen LogP contribution < -0.4 is 5.32 Å². The van der Waals surface area contributed by atoms with Gasteiger partial charge in [0.25, 0.3) is 5.91 Å². The second kappa shape index (κ2) is 5.96. The molecule has 2 N–H and O–H groups in total. The molecule has 1 atom stereocenters. The SMILES string of the molecule is CC(CCO)NC(=O)c1cccc(F)c1Br. The molecule has 0 aliphatic carbocycles. The van der Waals surface area contributed by atoms with Gasteiger partial charge in [0.1, 0.15) is 5.82 Å². The molecule has 1 aromatic rings. The summed E-state index contributed by atoms with van der Waals surface area (Å²) in [6.45, 7) is 1.78. The molecule has 1 aromatic carbocycles. The van der Waals surface area contributed by atoms with Gasteiger partial charge in [-0.2, -0.15) is 0 Å². The minimum atomic E-state index is -0.470. The van der Waals surface area contributed by atoms with E-state index in [0.29, 0.717) is 6.42 Å². The molecule has 16 heavy (non-hydrogen) atoms. The van der Waals surface area contributed by atoms with Crippen molar-refractivity contribution in [3.05, 3.63) is 34.1 Å². The molecule has 3 nitrogen and oxygen atoms in total. The molecule has 5 heteroatoms. The molecular formula is C11H13BrFNO2. The fraction of sp³-hybridized carbons (Fsp3) is 0.364. The number of hydrogen-bond donors (Lipinski definition) is 2. The van der Waals surface area contributed by atoms with Crippen LogP contribution in [-0.4, -0.2) is 23.7 Å². The highest BCUT2D eigenvalue weighted by atomic mass is 79.9. The largest absolute Gasteiger partial charge is 0.396 e. The van der Waals surface area contributed by atoms with Crippen molar-refractivity contribution in [2.45, 2.75) is 19.4 Å². The highest BCUT2D eigenvalue weighted by molar-refractivity contribution is 9.10. The van der Waals surface area contributed by atoms with Crippen molar-refractivity contribution in [1.29, 1.82) is 0 Å². The van der Waals surface area contributed by atoms with Crippen LogP contribution >= 0.6 is 15.9 Å². The maximum Gasteiger partial charge on any atom is 0.252 e. The lowest BCUT2D eigenvalue weighted by Gasteiger charge is -2.13. The maximum absolute atomic E-state index is 13.2. The van der Waals surface area contributed by atoms with E-state index in [1.54, 1.807) is 6.92 Å². The van der Waals surface area contributed by atoms with E-state index < -0.39 is 5.82 Å². The van der Waals surface area contributed by atoms with Crippen LogP contribution in [0, 0.1) is 5.82 Å². The molecule has 0 aromatic heterocycles. The smallest absolute Gasteiger partial charge is 0.252 e. The number of aliphatic hydroxyl groups excluding tert-OH is 1. The molecule has 1 amide bonds. The Hall–Kier alpha value is -0.940.